The summed E-state index contributed by atoms with van der Waals surface area (Å²) < 4.78 is 45.5. The molecule has 9 heteroatoms. The van der Waals surface area contributed by atoms with Gasteiger partial charge in [0.05, 0.1) is 12.1 Å². The molecule has 0 atom stereocenters. The van der Waals surface area contributed by atoms with Gasteiger partial charge >= 0.3 is 0 Å². The number of aromatic nitrogens is 1. The van der Waals surface area contributed by atoms with Crippen LogP contribution in [0.25, 0.3) is 5.57 Å². The number of rotatable bonds is 9. The normalized spacial score (nSPS) is 13.7. The summed E-state index contributed by atoms with van der Waals surface area (Å²) in [4.78, 5) is 38.7. The van der Waals surface area contributed by atoms with Crippen molar-refractivity contribution in [2.24, 2.45) is 0 Å². The second-order valence-corrected chi connectivity index (χ2v) is 9.92. The summed E-state index contributed by atoms with van der Waals surface area (Å²) in [7, 11) is 0. The van der Waals surface area contributed by atoms with Crippen molar-refractivity contribution in [2.75, 3.05) is 6.54 Å². The fraction of sp³-hybridized carbons (Fsp3) is 0.323. The van der Waals surface area contributed by atoms with Crippen molar-refractivity contribution in [3.63, 3.8) is 0 Å². The van der Waals surface area contributed by atoms with Crippen LogP contribution in [0.1, 0.15) is 71.8 Å². The highest BCUT2D eigenvalue weighted by Gasteiger charge is 2.23. The zero-order chi connectivity index (χ0) is 29.0. The molecule has 0 aliphatic carbocycles. The molecule has 1 N–H and O–H groups in total. The molecule has 0 saturated carbocycles. The van der Waals surface area contributed by atoms with Crippen LogP contribution in [0.15, 0.2) is 53.5 Å². The SMILES string of the molecule is C/C=C(/C)c1cc(CNC(=O)c2ccc(=O)n(Cc3ccc(CN4CCCC4=O)c(F)c3F)c2)c(F)cc1CC. The molecule has 4 rings (SSSR count). The summed E-state index contributed by atoms with van der Waals surface area (Å²) in [6.07, 6.45) is 4.94. The molecular weight excluding hydrogens is 519 g/mol. The van der Waals surface area contributed by atoms with Gasteiger partial charge in [-0.15, -0.1) is 0 Å². The average molecular weight is 552 g/mol. The van der Waals surface area contributed by atoms with E-state index in [4.69, 9.17) is 0 Å². The van der Waals surface area contributed by atoms with Gasteiger partial charge < -0.3 is 14.8 Å². The van der Waals surface area contributed by atoms with Gasteiger partial charge in [-0.1, -0.05) is 25.1 Å². The van der Waals surface area contributed by atoms with E-state index in [9.17, 15) is 27.6 Å². The monoisotopic (exact) mass is 551 g/mol. The van der Waals surface area contributed by atoms with Crippen LogP contribution in [0, 0.1) is 17.5 Å². The Balaban J connectivity index is 1.50. The third-order valence-electron chi connectivity index (χ3n) is 7.31. The molecule has 1 aromatic heterocycles. The summed E-state index contributed by atoms with van der Waals surface area (Å²) in [6.45, 7) is 5.90. The first-order chi connectivity index (χ1) is 19.1. The Hall–Kier alpha value is -4.14. The van der Waals surface area contributed by atoms with E-state index in [1.807, 2.05) is 26.8 Å². The fourth-order valence-corrected chi connectivity index (χ4v) is 4.81. The Morgan fingerprint density at radius 2 is 1.68 bits per heavy atom. The van der Waals surface area contributed by atoms with Gasteiger partial charge in [0.15, 0.2) is 11.6 Å². The highest BCUT2D eigenvalue weighted by molar-refractivity contribution is 5.93. The van der Waals surface area contributed by atoms with E-state index in [1.54, 1.807) is 6.07 Å². The Labute approximate surface area is 231 Å². The van der Waals surface area contributed by atoms with Gasteiger partial charge in [-0.05, 0) is 61.6 Å². The number of carbonyl (C=O) groups is 2. The van der Waals surface area contributed by atoms with Gasteiger partial charge in [0.1, 0.15) is 5.82 Å². The molecule has 0 unspecified atom stereocenters. The molecule has 1 fully saturated rings. The number of nitrogens with zero attached hydrogens (tertiary/aromatic N) is 2. The minimum Gasteiger partial charge on any atom is -0.348 e. The van der Waals surface area contributed by atoms with Crippen LogP contribution in [0.5, 0.6) is 0 Å². The molecule has 40 heavy (non-hydrogen) atoms. The van der Waals surface area contributed by atoms with Crippen LogP contribution < -0.4 is 10.9 Å². The lowest BCUT2D eigenvalue weighted by molar-refractivity contribution is -0.128. The molecular formula is C31H32F3N3O3. The molecule has 1 saturated heterocycles. The number of nitrogens with one attached hydrogen (secondary N) is 1. The highest BCUT2D eigenvalue weighted by Crippen LogP contribution is 2.24. The average Bonchev–Trinajstić information content (AvgIpc) is 3.36. The maximum atomic E-state index is 14.9. The molecule has 210 valence electrons. The van der Waals surface area contributed by atoms with Crippen molar-refractivity contribution >= 4 is 17.4 Å². The summed E-state index contributed by atoms with van der Waals surface area (Å²) >= 11 is 0. The van der Waals surface area contributed by atoms with Crippen molar-refractivity contribution in [1.29, 1.82) is 0 Å². The Bertz CT molecular complexity index is 1540. The number of carbonyl (C=O) groups excluding carboxylic acids is 2. The van der Waals surface area contributed by atoms with E-state index in [-0.39, 0.29) is 42.2 Å². The lowest BCUT2D eigenvalue weighted by Crippen LogP contribution is -2.27. The third kappa shape index (κ3) is 6.19. The van der Waals surface area contributed by atoms with Gasteiger partial charge in [0, 0.05) is 55.0 Å². The minimum absolute atomic E-state index is 0.0188. The zero-order valence-corrected chi connectivity index (χ0v) is 22.8. The zero-order valence-electron chi connectivity index (χ0n) is 22.8. The summed E-state index contributed by atoms with van der Waals surface area (Å²) in [5, 5.41) is 2.67. The number of aryl methyl sites for hydroxylation is 1. The second-order valence-electron chi connectivity index (χ2n) is 9.92. The molecule has 0 radical (unpaired) electrons. The molecule has 0 bridgehead atoms. The number of hydrogen-bond acceptors (Lipinski definition) is 3. The molecule has 1 aliphatic heterocycles. The number of allylic oxidation sites excluding steroid dienone is 2. The molecule has 0 spiro atoms. The van der Waals surface area contributed by atoms with Crippen molar-refractivity contribution in [2.45, 2.75) is 59.7 Å². The van der Waals surface area contributed by atoms with Crippen molar-refractivity contribution in [3.8, 4) is 0 Å². The van der Waals surface area contributed by atoms with E-state index in [0.717, 1.165) is 21.3 Å². The molecule has 2 heterocycles. The van der Waals surface area contributed by atoms with E-state index < -0.39 is 28.9 Å². The van der Waals surface area contributed by atoms with Crippen LogP contribution in [0.4, 0.5) is 13.2 Å². The van der Waals surface area contributed by atoms with Crippen LogP contribution in [-0.2, 0) is 30.8 Å². The first-order valence-corrected chi connectivity index (χ1v) is 13.3. The first-order valence-electron chi connectivity index (χ1n) is 13.3. The maximum absolute atomic E-state index is 14.9. The largest absolute Gasteiger partial charge is 0.348 e. The molecule has 6 nitrogen and oxygen atoms in total. The van der Waals surface area contributed by atoms with Crippen molar-refractivity contribution in [3.05, 3.63) is 110 Å². The van der Waals surface area contributed by atoms with Crippen molar-refractivity contribution in [1.82, 2.24) is 14.8 Å². The van der Waals surface area contributed by atoms with Gasteiger partial charge in [0.2, 0.25) is 5.91 Å². The van der Waals surface area contributed by atoms with Gasteiger partial charge in [0.25, 0.3) is 11.5 Å². The van der Waals surface area contributed by atoms with Crippen LogP contribution in [-0.4, -0.2) is 27.8 Å². The van der Waals surface area contributed by atoms with Crippen molar-refractivity contribution < 1.29 is 22.8 Å². The van der Waals surface area contributed by atoms with Gasteiger partial charge in [-0.2, -0.15) is 0 Å². The van der Waals surface area contributed by atoms with Crippen LogP contribution in [0.3, 0.4) is 0 Å². The third-order valence-corrected chi connectivity index (χ3v) is 7.31. The predicted octanol–water partition coefficient (Wildman–Crippen LogP) is 5.35. The summed E-state index contributed by atoms with van der Waals surface area (Å²) in [5.41, 5.74) is 2.70. The Morgan fingerprint density at radius 1 is 0.975 bits per heavy atom. The van der Waals surface area contributed by atoms with E-state index in [2.05, 4.69) is 5.32 Å². The van der Waals surface area contributed by atoms with Crippen LogP contribution in [0.2, 0.25) is 0 Å². The number of halogens is 3. The van der Waals surface area contributed by atoms with E-state index in [0.29, 0.717) is 31.4 Å². The number of amides is 2. The maximum Gasteiger partial charge on any atom is 0.253 e. The Kier molecular flexibility index (Phi) is 8.92. The number of pyridine rings is 1. The van der Waals surface area contributed by atoms with Gasteiger partial charge in [-0.3, -0.25) is 14.4 Å². The molecule has 3 aromatic rings. The standard InChI is InChI=1S/C31H32F3N3O3/c1-4-19(3)25-13-24(26(32)14-20(25)5-2)15-35-31(40)23-10-11-28(39)37(18-23)17-22-9-8-21(29(33)30(22)34)16-36-12-6-7-27(36)38/h4,8-11,13-14,18H,5-7,12,15-17H2,1-3H3,(H,35,40)/b19-4-. The highest BCUT2D eigenvalue weighted by atomic mass is 19.2. The first kappa shape index (κ1) is 28.9. The number of benzene rings is 2. The number of hydrogen-bond donors (Lipinski definition) is 1. The molecule has 2 aromatic carbocycles. The lowest BCUT2D eigenvalue weighted by Gasteiger charge is -2.17. The lowest BCUT2D eigenvalue weighted by atomic mass is 9.96. The molecule has 1 aliphatic rings. The molecule has 2 amide bonds. The topological polar surface area (TPSA) is 71.4 Å². The minimum atomic E-state index is -1.11. The quantitative estimate of drug-likeness (QED) is 0.390. The number of likely N-dealkylation sites (tertiary alicyclic amines) is 1. The fourth-order valence-electron chi connectivity index (χ4n) is 4.81. The van der Waals surface area contributed by atoms with E-state index >= 15 is 0 Å². The van der Waals surface area contributed by atoms with Gasteiger partial charge in [-0.25, -0.2) is 13.2 Å². The summed E-state index contributed by atoms with van der Waals surface area (Å²) in [6, 6.07) is 8.48. The second kappa shape index (κ2) is 12.4. The smallest absolute Gasteiger partial charge is 0.253 e. The Morgan fingerprint density at radius 3 is 2.30 bits per heavy atom. The van der Waals surface area contributed by atoms with E-state index in [1.165, 1.54) is 41.4 Å². The van der Waals surface area contributed by atoms with Crippen LogP contribution >= 0.6 is 0 Å². The summed E-state index contributed by atoms with van der Waals surface area (Å²) in [5.74, 6) is -3.24. The predicted molar refractivity (Wildman–Crippen MR) is 147 cm³/mol.